The number of hydrogen-bond acceptors (Lipinski definition) is 6. The highest BCUT2D eigenvalue weighted by Gasteiger charge is 2.21. The van der Waals surface area contributed by atoms with Crippen molar-refractivity contribution in [2.45, 2.75) is 20.4 Å². The first kappa shape index (κ1) is 33.5. The summed E-state index contributed by atoms with van der Waals surface area (Å²) in [5.74, 6) is -0.642. The Hall–Kier alpha value is -6.42. The average Bonchev–Trinajstić information content (AvgIpc) is 3.05. The maximum atomic E-state index is 12.3. The molecular formula is C37H32N2O8. The average molecular weight is 633 g/mol. The van der Waals surface area contributed by atoms with Gasteiger partial charge in [0.2, 0.25) is 11.8 Å². The monoisotopic (exact) mass is 632 g/mol. The lowest BCUT2D eigenvalue weighted by molar-refractivity contribution is -0.117. The van der Waals surface area contributed by atoms with Crippen LogP contribution in [-0.4, -0.2) is 34.0 Å². The van der Waals surface area contributed by atoms with Crippen molar-refractivity contribution >= 4 is 35.1 Å². The molecule has 0 aliphatic heterocycles. The zero-order valence-electron chi connectivity index (χ0n) is 25.6. The molecule has 0 unspecified atom stereocenters. The van der Waals surface area contributed by atoms with Crippen LogP contribution in [0.5, 0.6) is 23.0 Å². The van der Waals surface area contributed by atoms with Gasteiger partial charge in [-0.05, 0) is 54.1 Å². The standard InChI is InChI=1S/C22H19NO4.C15H13NO4/c1-16(24)23(15-17-8-4-2-5-9-17)21-14-19(12-13-20(21)22(25)26)27-18-10-6-3-7-11-18;1-10(17)16-14-9-12(7-8-13(14)15(18)19)20-11-5-3-2-4-6-11/h2-14H,15H2,1H3,(H,25,26);2-9H,1H3,(H,16,17)(H,18,19). The first-order chi connectivity index (χ1) is 22.6. The van der Waals surface area contributed by atoms with Gasteiger partial charge in [0.05, 0.1) is 29.0 Å². The van der Waals surface area contributed by atoms with Crippen LogP contribution in [0, 0.1) is 0 Å². The van der Waals surface area contributed by atoms with Gasteiger partial charge in [0.15, 0.2) is 0 Å². The van der Waals surface area contributed by atoms with Crippen molar-refractivity contribution in [2.24, 2.45) is 0 Å². The highest BCUT2D eigenvalue weighted by Crippen LogP contribution is 2.31. The molecular weight excluding hydrogens is 600 g/mol. The lowest BCUT2D eigenvalue weighted by Crippen LogP contribution is -2.29. The number of carboxylic acid groups (broad SMARTS) is 2. The summed E-state index contributed by atoms with van der Waals surface area (Å²) in [5, 5.41) is 21.1. The van der Waals surface area contributed by atoms with Crippen LogP contribution in [0.4, 0.5) is 11.4 Å². The van der Waals surface area contributed by atoms with E-state index in [0.29, 0.717) is 28.7 Å². The minimum Gasteiger partial charge on any atom is -0.478 e. The number of benzene rings is 5. The van der Waals surface area contributed by atoms with Gasteiger partial charge in [0, 0.05) is 26.0 Å². The van der Waals surface area contributed by atoms with Crippen molar-refractivity contribution < 1.29 is 38.9 Å². The number of carboxylic acids is 2. The number of para-hydroxylation sites is 2. The number of ether oxygens (including phenoxy) is 2. The quantitative estimate of drug-likeness (QED) is 0.141. The van der Waals surface area contributed by atoms with Gasteiger partial charge >= 0.3 is 11.9 Å². The van der Waals surface area contributed by atoms with Crippen LogP contribution in [0.3, 0.4) is 0 Å². The van der Waals surface area contributed by atoms with Crippen LogP contribution in [0.25, 0.3) is 0 Å². The van der Waals surface area contributed by atoms with E-state index in [4.69, 9.17) is 14.6 Å². The number of rotatable bonds is 10. The largest absolute Gasteiger partial charge is 0.478 e. The molecule has 238 valence electrons. The van der Waals surface area contributed by atoms with Gasteiger partial charge in [-0.3, -0.25) is 9.59 Å². The van der Waals surface area contributed by atoms with Gasteiger partial charge in [-0.15, -0.1) is 0 Å². The summed E-state index contributed by atoms with van der Waals surface area (Å²) >= 11 is 0. The fourth-order valence-corrected chi connectivity index (χ4v) is 4.43. The fourth-order valence-electron chi connectivity index (χ4n) is 4.43. The number of anilines is 2. The van der Waals surface area contributed by atoms with E-state index in [2.05, 4.69) is 5.32 Å². The smallest absolute Gasteiger partial charge is 0.337 e. The van der Waals surface area contributed by atoms with Crippen molar-refractivity contribution in [1.29, 1.82) is 0 Å². The van der Waals surface area contributed by atoms with Crippen LogP contribution in [0.15, 0.2) is 127 Å². The third-order valence-electron chi connectivity index (χ3n) is 6.54. The molecule has 0 bridgehead atoms. The Morgan fingerprint density at radius 2 is 1.06 bits per heavy atom. The Morgan fingerprint density at radius 3 is 1.53 bits per heavy atom. The van der Waals surface area contributed by atoms with Crippen molar-refractivity contribution in [3.05, 3.63) is 144 Å². The number of hydrogen-bond donors (Lipinski definition) is 3. The molecule has 0 aliphatic rings. The first-order valence-electron chi connectivity index (χ1n) is 14.4. The summed E-state index contributed by atoms with van der Waals surface area (Å²) < 4.78 is 11.4. The Bertz CT molecular complexity index is 1850. The van der Waals surface area contributed by atoms with Crippen molar-refractivity contribution in [3.8, 4) is 23.0 Å². The second kappa shape index (κ2) is 16.1. The number of amides is 2. The van der Waals surface area contributed by atoms with Crippen LogP contribution in [0.1, 0.15) is 40.1 Å². The molecule has 3 N–H and O–H groups in total. The molecule has 0 atom stereocenters. The zero-order chi connectivity index (χ0) is 33.8. The van der Waals surface area contributed by atoms with E-state index in [9.17, 15) is 24.3 Å². The second-order valence-corrected chi connectivity index (χ2v) is 10.1. The Morgan fingerprint density at radius 1 is 0.596 bits per heavy atom. The first-order valence-corrected chi connectivity index (χ1v) is 14.4. The van der Waals surface area contributed by atoms with E-state index < -0.39 is 11.9 Å². The molecule has 5 rings (SSSR count). The molecule has 0 aromatic heterocycles. The molecule has 2 amide bonds. The summed E-state index contributed by atoms with van der Waals surface area (Å²) in [7, 11) is 0. The van der Waals surface area contributed by atoms with E-state index in [1.165, 1.54) is 36.9 Å². The number of nitrogens with zero attached hydrogens (tertiary/aromatic N) is 1. The molecule has 0 radical (unpaired) electrons. The molecule has 5 aromatic carbocycles. The summed E-state index contributed by atoms with van der Waals surface area (Å²) in [4.78, 5) is 47.6. The highest BCUT2D eigenvalue weighted by molar-refractivity contribution is 6.02. The molecule has 47 heavy (non-hydrogen) atoms. The number of carbonyl (C=O) groups excluding carboxylic acids is 2. The van der Waals surface area contributed by atoms with Crippen LogP contribution < -0.4 is 19.7 Å². The third kappa shape index (κ3) is 9.79. The van der Waals surface area contributed by atoms with Crippen molar-refractivity contribution in [1.82, 2.24) is 0 Å². The normalized spacial score (nSPS) is 10.1. The third-order valence-corrected chi connectivity index (χ3v) is 6.54. The number of nitrogens with one attached hydrogen (secondary N) is 1. The van der Waals surface area contributed by atoms with E-state index >= 15 is 0 Å². The van der Waals surface area contributed by atoms with E-state index in [0.717, 1.165) is 5.56 Å². The molecule has 0 aliphatic carbocycles. The van der Waals surface area contributed by atoms with E-state index in [1.54, 1.807) is 42.5 Å². The summed E-state index contributed by atoms with van der Waals surface area (Å²) in [5.41, 5.74) is 1.46. The van der Waals surface area contributed by atoms with Gasteiger partial charge < -0.3 is 29.9 Å². The lowest BCUT2D eigenvalue weighted by Gasteiger charge is -2.24. The van der Waals surface area contributed by atoms with Crippen molar-refractivity contribution in [2.75, 3.05) is 10.2 Å². The molecule has 0 saturated carbocycles. The van der Waals surface area contributed by atoms with Crippen molar-refractivity contribution in [3.63, 3.8) is 0 Å². The molecule has 10 heteroatoms. The molecule has 0 heterocycles. The predicted octanol–water partition coefficient (Wildman–Crippen LogP) is 7.87. The number of aromatic carboxylic acids is 2. The summed E-state index contributed by atoms with van der Waals surface area (Å²) in [6.07, 6.45) is 0. The van der Waals surface area contributed by atoms with Gasteiger partial charge in [-0.2, -0.15) is 0 Å². The van der Waals surface area contributed by atoms with Gasteiger partial charge in [0.1, 0.15) is 23.0 Å². The van der Waals surface area contributed by atoms with Gasteiger partial charge in [-0.25, -0.2) is 9.59 Å². The Labute approximate surface area is 271 Å². The fraction of sp³-hybridized carbons (Fsp3) is 0.0811. The molecule has 10 nitrogen and oxygen atoms in total. The Balaban J connectivity index is 0.000000223. The lowest BCUT2D eigenvalue weighted by atomic mass is 10.1. The maximum absolute atomic E-state index is 12.3. The highest BCUT2D eigenvalue weighted by atomic mass is 16.5. The van der Waals surface area contributed by atoms with Crippen LogP contribution in [-0.2, 0) is 16.1 Å². The maximum Gasteiger partial charge on any atom is 0.337 e. The minimum atomic E-state index is -1.11. The summed E-state index contributed by atoms with van der Waals surface area (Å²) in [6, 6.07) is 36.7. The molecule has 0 spiro atoms. The number of carbonyl (C=O) groups is 4. The SMILES string of the molecule is CC(=O)N(Cc1ccccc1)c1cc(Oc2ccccc2)ccc1C(=O)O.CC(=O)Nc1cc(Oc2ccccc2)ccc1C(=O)O. The molecule has 0 fully saturated rings. The summed E-state index contributed by atoms with van der Waals surface area (Å²) in [6.45, 7) is 3.00. The van der Waals surface area contributed by atoms with Gasteiger partial charge in [0.25, 0.3) is 0 Å². The molecule has 5 aromatic rings. The van der Waals surface area contributed by atoms with Crippen LogP contribution >= 0.6 is 0 Å². The Kier molecular flexibility index (Phi) is 11.4. The van der Waals surface area contributed by atoms with Gasteiger partial charge in [-0.1, -0.05) is 66.7 Å². The van der Waals surface area contributed by atoms with Crippen LogP contribution in [0.2, 0.25) is 0 Å². The minimum absolute atomic E-state index is 0.0145. The predicted molar refractivity (Wildman–Crippen MR) is 177 cm³/mol. The zero-order valence-corrected chi connectivity index (χ0v) is 25.6. The van der Waals surface area contributed by atoms with E-state index in [-0.39, 0.29) is 35.2 Å². The molecule has 0 saturated heterocycles. The van der Waals surface area contributed by atoms with E-state index in [1.807, 2.05) is 66.7 Å². The topological polar surface area (TPSA) is 142 Å². The second-order valence-electron chi connectivity index (χ2n) is 10.1.